The molecule has 5 heteroatoms. The molecule has 0 fully saturated rings. The van der Waals surface area contributed by atoms with Gasteiger partial charge in [-0.2, -0.15) is 0 Å². The van der Waals surface area contributed by atoms with E-state index < -0.39 is 8.80 Å². The third kappa shape index (κ3) is 17.2. The molecule has 1 unspecified atom stereocenters. The molecule has 0 saturated heterocycles. The molecule has 0 spiro atoms. The molecule has 0 amide bonds. The Morgan fingerprint density at radius 1 is 0.613 bits per heavy atom. The summed E-state index contributed by atoms with van der Waals surface area (Å²) in [4.78, 5) is 0. The minimum atomic E-state index is -2.54. The van der Waals surface area contributed by atoms with Gasteiger partial charge in [-0.25, -0.2) is 0 Å². The smallest absolute Gasteiger partial charge is 0.377 e. The van der Waals surface area contributed by atoms with E-state index in [4.69, 9.17) is 13.3 Å². The quantitative estimate of drug-likeness (QED) is 0.119. The van der Waals surface area contributed by atoms with Gasteiger partial charge in [-0.15, -0.1) is 0 Å². The summed E-state index contributed by atoms with van der Waals surface area (Å²) in [5.41, 5.74) is 0. The van der Waals surface area contributed by atoms with Crippen LogP contribution in [0.5, 0.6) is 0 Å². The lowest BCUT2D eigenvalue weighted by Gasteiger charge is -2.31. The van der Waals surface area contributed by atoms with E-state index in [1.807, 2.05) is 0 Å². The van der Waals surface area contributed by atoms with Crippen molar-refractivity contribution in [3.8, 4) is 0 Å². The van der Waals surface area contributed by atoms with Crippen LogP contribution in [0.4, 0.5) is 0 Å². The minimum Gasteiger partial charge on any atom is -0.377 e. The molecule has 0 bridgehead atoms. The van der Waals surface area contributed by atoms with Crippen molar-refractivity contribution in [1.29, 1.82) is 0 Å². The van der Waals surface area contributed by atoms with Crippen LogP contribution in [0.25, 0.3) is 0 Å². The van der Waals surface area contributed by atoms with Crippen molar-refractivity contribution in [2.75, 3.05) is 27.9 Å². The van der Waals surface area contributed by atoms with Crippen LogP contribution < -0.4 is 5.32 Å². The van der Waals surface area contributed by atoms with E-state index in [1.165, 1.54) is 109 Å². The molecule has 1 N–H and O–H groups in total. The number of nitrogens with one attached hydrogen (secondary N) is 1. The molecule has 1 radical (unpaired) electrons. The number of hydrogen-bond donors (Lipinski definition) is 1. The Morgan fingerprint density at radius 2 is 0.968 bits per heavy atom. The first-order chi connectivity index (χ1) is 15.0. The normalized spacial score (nSPS) is 13.3. The Balaban J connectivity index is 3.55. The second-order valence-electron chi connectivity index (χ2n) is 9.39. The fourth-order valence-electron chi connectivity index (χ4n) is 4.18. The van der Waals surface area contributed by atoms with Crippen molar-refractivity contribution in [1.82, 2.24) is 5.32 Å². The minimum absolute atomic E-state index is 0.294. The number of hydrogen-bond acceptors (Lipinski definition) is 4. The lowest BCUT2D eigenvalue weighted by atomic mass is 10.0. The van der Waals surface area contributed by atoms with Gasteiger partial charge in [-0.3, -0.25) is 0 Å². The maximum Gasteiger partial charge on any atom is 0.501 e. The maximum atomic E-state index is 5.59. The van der Waals surface area contributed by atoms with Gasteiger partial charge in [0, 0.05) is 33.4 Å². The molecule has 0 saturated carbocycles. The van der Waals surface area contributed by atoms with Crippen LogP contribution >= 0.6 is 0 Å². The second kappa shape index (κ2) is 21.9. The molecule has 4 nitrogen and oxygen atoms in total. The average molecular weight is 459 g/mol. The van der Waals surface area contributed by atoms with E-state index in [9.17, 15) is 0 Å². The Bertz CT molecular complexity index is 356. The monoisotopic (exact) mass is 458 g/mol. The van der Waals surface area contributed by atoms with E-state index >= 15 is 0 Å². The van der Waals surface area contributed by atoms with Crippen molar-refractivity contribution in [3.05, 3.63) is 5.92 Å². The first kappa shape index (κ1) is 31.1. The first-order valence-corrected chi connectivity index (χ1v) is 15.2. The number of unbranched alkanes of at least 4 members (excludes halogenated alkanes) is 15. The molecular weight excluding hydrogens is 402 g/mol. The van der Waals surface area contributed by atoms with Crippen LogP contribution in [0.2, 0.25) is 6.04 Å². The second-order valence-corrected chi connectivity index (χ2v) is 12.4. The van der Waals surface area contributed by atoms with Crippen molar-refractivity contribution in [3.63, 3.8) is 0 Å². The third-order valence-electron chi connectivity index (χ3n) is 6.51. The van der Waals surface area contributed by atoms with Gasteiger partial charge in [0.05, 0.1) is 0 Å². The zero-order valence-electron chi connectivity index (χ0n) is 22.0. The van der Waals surface area contributed by atoms with E-state index in [0.29, 0.717) is 6.04 Å². The maximum absolute atomic E-state index is 5.59. The molecule has 0 aromatic carbocycles. The van der Waals surface area contributed by atoms with E-state index in [0.717, 1.165) is 12.6 Å². The summed E-state index contributed by atoms with van der Waals surface area (Å²) >= 11 is 0. The standard InChI is InChI=1S/C26H56NO3Si/c1-7-8-9-10-11-12-13-14-15-16-17-18-19-20-21-22-23-27-26(25(2)3)24-31(28-4,29-5)30-6/h26-27H,7-24H2,1-6H3. The van der Waals surface area contributed by atoms with Crippen LogP contribution in [0.3, 0.4) is 0 Å². The summed E-state index contributed by atoms with van der Waals surface area (Å²) in [6.07, 6.45) is 22.6. The molecule has 0 heterocycles. The fourth-order valence-corrected chi connectivity index (χ4v) is 6.23. The van der Waals surface area contributed by atoms with Crippen molar-refractivity contribution < 1.29 is 13.3 Å². The van der Waals surface area contributed by atoms with Gasteiger partial charge >= 0.3 is 8.80 Å². The van der Waals surface area contributed by atoms with E-state index in [2.05, 4.69) is 26.1 Å². The molecule has 0 aromatic heterocycles. The van der Waals surface area contributed by atoms with Crippen molar-refractivity contribution in [2.45, 2.75) is 136 Å². The molecule has 0 aromatic rings. The Kier molecular flexibility index (Phi) is 21.9. The predicted octanol–water partition coefficient (Wildman–Crippen LogP) is 7.70. The highest BCUT2D eigenvalue weighted by molar-refractivity contribution is 6.60. The zero-order valence-corrected chi connectivity index (χ0v) is 23.0. The zero-order chi connectivity index (χ0) is 23.2. The largest absolute Gasteiger partial charge is 0.501 e. The summed E-state index contributed by atoms with van der Waals surface area (Å²) in [5.74, 6) is 1.36. The van der Waals surface area contributed by atoms with Gasteiger partial charge < -0.3 is 18.6 Å². The molecule has 0 aliphatic rings. The summed E-state index contributed by atoms with van der Waals surface area (Å²) < 4.78 is 16.8. The lowest BCUT2D eigenvalue weighted by molar-refractivity contribution is 0.120. The van der Waals surface area contributed by atoms with E-state index in [1.54, 1.807) is 21.3 Å². The van der Waals surface area contributed by atoms with Gasteiger partial charge in [0.1, 0.15) is 0 Å². The molecule has 0 aliphatic carbocycles. The van der Waals surface area contributed by atoms with E-state index in [-0.39, 0.29) is 0 Å². The van der Waals surface area contributed by atoms with Crippen LogP contribution in [-0.2, 0) is 13.3 Å². The van der Waals surface area contributed by atoms with Crippen LogP contribution in [0.15, 0.2) is 0 Å². The van der Waals surface area contributed by atoms with Crippen molar-refractivity contribution >= 4 is 8.80 Å². The lowest BCUT2D eigenvalue weighted by Crippen LogP contribution is -2.49. The molecular formula is C26H56NO3Si. The average Bonchev–Trinajstić information content (AvgIpc) is 2.78. The SMILES string of the molecule is CCCCCCCCCCCCCCCCCCNC(C[Si](OC)(OC)OC)[C](C)C. The highest BCUT2D eigenvalue weighted by Crippen LogP contribution is 2.21. The summed E-state index contributed by atoms with van der Waals surface area (Å²) in [6.45, 7) is 7.69. The molecule has 1 atom stereocenters. The Hall–Kier alpha value is 0.0569. The summed E-state index contributed by atoms with van der Waals surface area (Å²) in [7, 11) is 2.54. The van der Waals surface area contributed by atoms with Crippen molar-refractivity contribution in [2.24, 2.45) is 0 Å². The molecule has 31 heavy (non-hydrogen) atoms. The van der Waals surface area contributed by atoms with Crippen LogP contribution in [0.1, 0.15) is 124 Å². The first-order valence-electron chi connectivity index (χ1n) is 13.2. The van der Waals surface area contributed by atoms with Gasteiger partial charge in [0.25, 0.3) is 0 Å². The summed E-state index contributed by atoms with van der Waals surface area (Å²) in [6, 6.07) is 1.08. The van der Waals surface area contributed by atoms with Gasteiger partial charge in [-0.05, 0) is 18.9 Å². The molecule has 0 aliphatic heterocycles. The fraction of sp³-hybridized carbons (Fsp3) is 0.962. The number of rotatable bonds is 24. The molecule has 187 valence electrons. The third-order valence-corrected chi connectivity index (χ3v) is 9.28. The summed E-state index contributed by atoms with van der Waals surface area (Å²) in [5, 5.41) is 3.68. The topological polar surface area (TPSA) is 39.7 Å². The van der Waals surface area contributed by atoms with Gasteiger partial charge in [0.2, 0.25) is 0 Å². The Morgan fingerprint density at radius 3 is 1.29 bits per heavy atom. The Labute approximate surface area is 197 Å². The van der Waals surface area contributed by atoms with Crippen LogP contribution in [-0.4, -0.2) is 42.7 Å². The molecule has 0 rings (SSSR count). The van der Waals surface area contributed by atoms with Gasteiger partial charge in [-0.1, -0.05) is 117 Å². The highest BCUT2D eigenvalue weighted by Gasteiger charge is 2.41. The van der Waals surface area contributed by atoms with Crippen LogP contribution in [0, 0.1) is 5.92 Å². The highest BCUT2D eigenvalue weighted by atomic mass is 28.4. The van der Waals surface area contributed by atoms with Gasteiger partial charge in [0.15, 0.2) is 0 Å². The predicted molar refractivity (Wildman–Crippen MR) is 138 cm³/mol.